The van der Waals surface area contributed by atoms with Crippen molar-refractivity contribution >= 4 is 11.2 Å². The molecule has 0 bridgehead atoms. The van der Waals surface area contributed by atoms with E-state index in [2.05, 4.69) is 10.3 Å². The van der Waals surface area contributed by atoms with Gasteiger partial charge in [0.25, 0.3) is 5.56 Å². The van der Waals surface area contributed by atoms with Crippen molar-refractivity contribution in [3.63, 3.8) is 0 Å². The van der Waals surface area contributed by atoms with Gasteiger partial charge < -0.3 is 9.88 Å². The Balaban J connectivity index is 2.93. The normalized spacial score (nSPS) is 11.4. The lowest BCUT2D eigenvalue weighted by Gasteiger charge is -2.08. The number of rotatable bonds is 5. The summed E-state index contributed by atoms with van der Waals surface area (Å²) in [5.41, 5.74) is 0.413. The van der Waals surface area contributed by atoms with Crippen LogP contribution >= 0.6 is 0 Å². The van der Waals surface area contributed by atoms with E-state index in [-0.39, 0.29) is 11.2 Å². The van der Waals surface area contributed by atoms with Gasteiger partial charge in [-0.1, -0.05) is 6.92 Å². The second-order valence-electron chi connectivity index (χ2n) is 4.77. The topological polar surface area (TPSA) is 73.8 Å². The number of nitrogens with zero attached hydrogens (tertiary/aromatic N) is 4. The average molecular weight is 279 g/mol. The first-order valence-electron chi connectivity index (χ1n) is 6.90. The first-order valence-corrected chi connectivity index (χ1v) is 6.90. The van der Waals surface area contributed by atoms with Gasteiger partial charge in [-0.2, -0.15) is 0 Å². The largest absolute Gasteiger partial charge is 0.332 e. The summed E-state index contributed by atoms with van der Waals surface area (Å²) < 4.78 is 4.62. The lowest BCUT2D eigenvalue weighted by atomic mass is 10.4. The summed E-state index contributed by atoms with van der Waals surface area (Å²) in [7, 11) is 3.34. The molecule has 0 amide bonds. The number of aromatic nitrogens is 4. The van der Waals surface area contributed by atoms with E-state index in [1.54, 1.807) is 4.57 Å². The van der Waals surface area contributed by atoms with Crippen molar-refractivity contribution in [1.29, 1.82) is 0 Å². The molecule has 0 saturated heterocycles. The van der Waals surface area contributed by atoms with E-state index >= 15 is 0 Å². The fourth-order valence-corrected chi connectivity index (χ4v) is 2.46. The van der Waals surface area contributed by atoms with E-state index in [1.165, 1.54) is 7.05 Å². The molecule has 0 spiro atoms. The van der Waals surface area contributed by atoms with Gasteiger partial charge in [-0.3, -0.25) is 13.9 Å². The van der Waals surface area contributed by atoms with Crippen LogP contribution in [0.1, 0.15) is 26.1 Å². The molecular weight excluding hydrogens is 258 g/mol. The number of imidazole rings is 1. The number of nitrogens with one attached hydrogen (secondary N) is 1. The zero-order chi connectivity index (χ0) is 14.9. The summed E-state index contributed by atoms with van der Waals surface area (Å²) in [4.78, 5) is 29.1. The fourth-order valence-electron chi connectivity index (χ4n) is 2.46. The quantitative estimate of drug-likeness (QED) is 0.839. The van der Waals surface area contributed by atoms with Crippen LogP contribution in [0.4, 0.5) is 0 Å². The Labute approximate surface area is 116 Å². The highest BCUT2D eigenvalue weighted by molar-refractivity contribution is 5.71. The molecule has 0 saturated carbocycles. The van der Waals surface area contributed by atoms with E-state index in [9.17, 15) is 9.59 Å². The molecule has 2 heterocycles. The van der Waals surface area contributed by atoms with Crippen LogP contribution < -0.4 is 16.6 Å². The molecule has 0 atom stereocenters. The highest BCUT2D eigenvalue weighted by Gasteiger charge is 2.18. The van der Waals surface area contributed by atoms with Crippen molar-refractivity contribution in [3.05, 3.63) is 26.7 Å². The van der Waals surface area contributed by atoms with Crippen LogP contribution in [0, 0.1) is 0 Å². The van der Waals surface area contributed by atoms with Crippen molar-refractivity contribution in [2.75, 3.05) is 7.05 Å². The Bertz CT molecular complexity index is 738. The number of fused-ring (bicyclic) bond motifs is 1. The predicted molar refractivity (Wildman–Crippen MR) is 78.0 cm³/mol. The first-order chi connectivity index (χ1) is 9.56. The van der Waals surface area contributed by atoms with Crippen LogP contribution in [0.3, 0.4) is 0 Å². The van der Waals surface area contributed by atoms with Gasteiger partial charge in [-0.15, -0.1) is 0 Å². The Morgan fingerprint density at radius 1 is 1.20 bits per heavy atom. The van der Waals surface area contributed by atoms with E-state index in [0.29, 0.717) is 30.8 Å². The Morgan fingerprint density at radius 2 is 1.90 bits per heavy atom. The molecule has 7 heteroatoms. The van der Waals surface area contributed by atoms with Gasteiger partial charge in [-0.25, -0.2) is 9.78 Å². The Hall–Kier alpha value is -1.89. The summed E-state index contributed by atoms with van der Waals surface area (Å²) in [6, 6.07) is 0. The molecule has 1 N–H and O–H groups in total. The Morgan fingerprint density at radius 3 is 2.45 bits per heavy atom. The van der Waals surface area contributed by atoms with Gasteiger partial charge in [0.1, 0.15) is 5.82 Å². The minimum atomic E-state index is -0.305. The minimum Gasteiger partial charge on any atom is -0.321 e. The SMILES string of the molecule is CCCn1c(=O)n(C)c(=O)c2c1nc(CNC)n2CC. The third-order valence-corrected chi connectivity index (χ3v) is 3.41. The molecule has 110 valence electrons. The molecule has 0 radical (unpaired) electrons. The summed E-state index contributed by atoms with van der Waals surface area (Å²) in [6.07, 6.45) is 0.813. The van der Waals surface area contributed by atoms with Crippen LogP contribution in [0.15, 0.2) is 9.59 Å². The summed E-state index contributed by atoms with van der Waals surface area (Å²) >= 11 is 0. The smallest absolute Gasteiger partial charge is 0.321 e. The second-order valence-corrected chi connectivity index (χ2v) is 4.77. The van der Waals surface area contributed by atoms with Crippen molar-refractivity contribution < 1.29 is 0 Å². The fraction of sp³-hybridized carbons (Fsp3) is 0.615. The van der Waals surface area contributed by atoms with Gasteiger partial charge >= 0.3 is 5.69 Å². The number of aryl methyl sites for hydroxylation is 2. The summed E-state index contributed by atoms with van der Waals surface area (Å²) in [5, 5.41) is 3.04. The maximum Gasteiger partial charge on any atom is 0.332 e. The van der Waals surface area contributed by atoms with Crippen molar-refractivity contribution in [1.82, 2.24) is 24.0 Å². The zero-order valence-corrected chi connectivity index (χ0v) is 12.4. The van der Waals surface area contributed by atoms with Gasteiger partial charge in [-0.05, 0) is 20.4 Å². The molecule has 0 aliphatic carbocycles. The monoisotopic (exact) mass is 279 g/mol. The molecule has 2 rings (SSSR count). The van der Waals surface area contributed by atoms with Gasteiger partial charge in [0, 0.05) is 20.1 Å². The lowest BCUT2D eigenvalue weighted by Crippen LogP contribution is -2.38. The molecule has 0 fully saturated rings. The summed E-state index contributed by atoms with van der Waals surface area (Å²) in [5.74, 6) is 0.776. The lowest BCUT2D eigenvalue weighted by molar-refractivity contribution is 0.609. The molecule has 0 aliphatic heterocycles. The average Bonchev–Trinajstić information content (AvgIpc) is 2.80. The molecular formula is C13H21N5O2. The third-order valence-electron chi connectivity index (χ3n) is 3.41. The number of hydrogen-bond acceptors (Lipinski definition) is 4. The molecule has 2 aromatic rings. The maximum atomic E-state index is 12.4. The van der Waals surface area contributed by atoms with E-state index < -0.39 is 0 Å². The first kappa shape index (κ1) is 14.5. The third kappa shape index (κ3) is 2.07. The zero-order valence-electron chi connectivity index (χ0n) is 12.4. The predicted octanol–water partition coefficient (Wildman–Crippen LogP) is 0.0460. The van der Waals surface area contributed by atoms with Crippen LogP contribution in [0.25, 0.3) is 11.2 Å². The Kier molecular flexibility index (Phi) is 4.08. The van der Waals surface area contributed by atoms with Gasteiger partial charge in [0.2, 0.25) is 0 Å². The highest BCUT2D eigenvalue weighted by Crippen LogP contribution is 2.11. The number of hydrogen-bond donors (Lipinski definition) is 1. The van der Waals surface area contributed by atoms with Crippen molar-refractivity contribution in [2.45, 2.75) is 39.9 Å². The van der Waals surface area contributed by atoms with Crippen molar-refractivity contribution in [3.8, 4) is 0 Å². The van der Waals surface area contributed by atoms with Crippen LogP contribution in [0.5, 0.6) is 0 Å². The molecule has 0 unspecified atom stereocenters. The van der Waals surface area contributed by atoms with E-state index in [1.807, 2.05) is 25.5 Å². The summed E-state index contributed by atoms with van der Waals surface area (Å²) in [6.45, 7) is 5.73. The van der Waals surface area contributed by atoms with Gasteiger partial charge in [0.05, 0.1) is 6.54 Å². The minimum absolute atomic E-state index is 0.283. The molecule has 0 aromatic carbocycles. The second kappa shape index (κ2) is 5.62. The van der Waals surface area contributed by atoms with Crippen LogP contribution in [-0.2, 0) is 26.7 Å². The maximum absolute atomic E-state index is 12.4. The molecule has 0 aliphatic rings. The van der Waals surface area contributed by atoms with E-state index in [4.69, 9.17) is 0 Å². The standard InChI is InChI=1S/C13H21N5O2/c1-5-7-18-11-10(12(19)16(4)13(18)20)17(6-2)9(15-11)8-14-3/h14H,5-8H2,1-4H3. The van der Waals surface area contributed by atoms with E-state index in [0.717, 1.165) is 16.8 Å². The van der Waals surface area contributed by atoms with Gasteiger partial charge in [0.15, 0.2) is 11.2 Å². The highest BCUT2D eigenvalue weighted by atomic mass is 16.2. The van der Waals surface area contributed by atoms with Crippen molar-refractivity contribution in [2.24, 2.45) is 7.05 Å². The molecule has 20 heavy (non-hydrogen) atoms. The van der Waals surface area contributed by atoms with Crippen LogP contribution in [-0.4, -0.2) is 25.7 Å². The molecule has 7 nitrogen and oxygen atoms in total. The van der Waals surface area contributed by atoms with Crippen LogP contribution in [0.2, 0.25) is 0 Å². The molecule has 2 aromatic heterocycles.